The molecule has 220 valence electrons. The average molecular weight is 623 g/mol. The number of thiophene rings is 1. The van der Waals surface area contributed by atoms with Gasteiger partial charge < -0.3 is 19.5 Å². The van der Waals surface area contributed by atoms with Crippen molar-refractivity contribution in [2.24, 2.45) is 5.92 Å². The zero-order valence-electron chi connectivity index (χ0n) is 22.4. The maximum Gasteiger partial charge on any atom is 0.397 e. The van der Waals surface area contributed by atoms with Crippen molar-refractivity contribution in [1.29, 1.82) is 0 Å². The fraction of sp³-hybridized carbons (Fsp3) is 0.520. The lowest BCUT2D eigenvalue weighted by atomic mass is 9.83. The lowest BCUT2D eigenvalue weighted by molar-refractivity contribution is -0.143. The van der Waals surface area contributed by atoms with Crippen molar-refractivity contribution in [3.05, 3.63) is 29.6 Å². The molecule has 0 aromatic carbocycles. The number of nitrogens with zero attached hydrogens (tertiary/aromatic N) is 5. The molecule has 5 rings (SSSR count). The van der Waals surface area contributed by atoms with Gasteiger partial charge in [-0.1, -0.05) is 24.4 Å². The lowest BCUT2D eigenvalue weighted by Gasteiger charge is -2.39. The van der Waals surface area contributed by atoms with Crippen molar-refractivity contribution in [3.63, 3.8) is 0 Å². The molecule has 1 aliphatic carbocycles. The monoisotopic (exact) mass is 622 g/mol. The summed E-state index contributed by atoms with van der Waals surface area (Å²) >= 11 is 2.31. The van der Waals surface area contributed by atoms with E-state index in [1.165, 1.54) is 28.4 Å². The van der Waals surface area contributed by atoms with E-state index in [9.17, 15) is 22.8 Å². The summed E-state index contributed by atoms with van der Waals surface area (Å²) in [5.41, 5.74) is 0. The Bertz CT molecular complexity index is 1480. The summed E-state index contributed by atoms with van der Waals surface area (Å²) in [6.07, 6.45) is 6.34. The van der Waals surface area contributed by atoms with Crippen molar-refractivity contribution in [2.45, 2.75) is 49.3 Å². The number of carbonyl (C=O) groups is 3. The Morgan fingerprint density at radius 3 is 2.73 bits per heavy atom. The molecule has 3 aromatic heterocycles. The molecule has 16 heteroatoms. The number of aromatic nitrogens is 3. The van der Waals surface area contributed by atoms with Crippen LogP contribution < -0.4 is 5.32 Å². The Labute approximate surface area is 244 Å². The van der Waals surface area contributed by atoms with Crippen molar-refractivity contribution in [1.82, 2.24) is 24.3 Å². The number of thiazole rings is 1. The number of ketones is 1. The van der Waals surface area contributed by atoms with Crippen LogP contribution in [0.4, 0.5) is 5.13 Å². The molecule has 0 bridgehead atoms. The maximum absolute atomic E-state index is 13.6. The van der Waals surface area contributed by atoms with E-state index in [4.69, 9.17) is 9.26 Å². The van der Waals surface area contributed by atoms with Gasteiger partial charge in [0.05, 0.1) is 18.0 Å². The van der Waals surface area contributed by atoms with Crippen LogP contribution in [-0.4, -0.2) is 89.2 Å². The number of amides is 1. The molecule has 1 aliphatic heterocycles. The number of sulfonamides is 1. The van der Waals surface area contributed by atoms with Gasteiger partial charge in [-0.2, -0.15) is 9.29 Å². The zero-order chi connectivity index (χ0) is 29.0. The van der Waals surface area contributed by atoms with E-state index in [1.807, 2.05) is 5.38 Å². The number of carbonyl (C=O) groups excluding carboxylic acids is 3. The average Bonchev–Trinajstić information content (AvgIpc) is 3.76. The summed E-state index contributed by atoms with van der Waals surface area (Å²) in [4.78, 5) is 48.9. The van der Waals surface area contributed by atoms with Gasteiger partial charge in [0.2, 0.25) is 11.7 Å². The molecule has 1 N–H and O–H groups in total. The molecule has 2 aliphatic rings. The summed E-state index contributed by atoms with van der Waals surface area (Å²) in [6, 6.07) is 2.21. The number of hydrogen-bond acceptors (Lipinski definition) is 13. The quantitative estimate of drug-likeness (QED) is 0.313. The second-order valence-electron chi connectivity index (χ2n) is 9.66. The molecule has 1 saturated heterocycles. The minimum absolute atomic E-state index is 0.00324. The van der Waals surface area contributed by atoms with Gasteiger partial charge in [0.15, 0.2) is 10.9 Å². The molecule has 13 nitrogen and oxygen atoms in total. The fourth-order valence-corrected chi connectivity index (χ4v) is 8.33. The predicted molar refractivity (Wildman–Crippen MR) is 150 cm³/mol. The number of hydrogen-bond donors (Lipinski definition) is 1. The molecule has 1 saturated carbocycles. The summed E-state index contributed by atoms with van der Waals surface area (Å²) in [5, 5.41) is 9.40. The number of Topliss-reactive ketones (excluding diaryl/α,β-unsaturated/α-hetero) is 1. The van der Waals surface area contributed by atoms with Gasteiger partial charge in [0.1, 0.15) is 10.3 Å². The van der Waals surface area contributed by atoms with E-state index in [1.54, 1.807) is 13.1 Å². The first-order chi connectivity index (χ1) is 19.8. The number of nitrogens with one attached hydrogen (secondary N) is 1. The molecule has 3 aromatic rings. The van der Waals surface area contributed by atoms with E-state index in [0.29, 0.717) is 10.0 Å². The second-order valence-corrected chi connectivity index (χ2v) is 13.8. The van der Waals surface area contributed by atoms with Crippen LogP contribution in [0.25, 0.3) is 10.7 Å². The normalized spacial score (nSPS) is 17.9. The topological polar surface area (TPSA) is 165 Å². The van der Waals surface area contributed by atoms with Crippen LogP contribution in [-0.2, 0) is 24.3 Å². The first-order valence-electron chi connectivity index (χ1n) is 13.4. The summed E-state index contributed by atoms with van der Waals surface area (Å²) < 4.78 is 37.8. The smallest absolute Gasteiger partial charge is 0.397 e. The van der Waals surface area contributed by atoms with Crippen LogP contribution in [0.2, 0.25) is 0 Å². The highest BCUT2D eigenvalue weighted by molar-refractivity contribution is 7.91. The Balaban J connectivity index is 1.28. The van der Waals surface area contributed by atoms with Crippen molar-refractivity contribution >= 4 is 55.5 Å². The molecule has 0 radical (unpaired) electrons. The number of anilines is 1. The van der Waals surface area contributed by atoms with E-state index >= 15 is 0 Å². The SMILES string of the molecule is CCOC(=O)c1nc(-c2ccc(S(=O)(=O)N3CCN(C(CNc4nccs4)C(=O)C4CCCCC4)C(=O)C3)s2)no1. The summed E-state index contributed by atoms with van der Waals surface area (Å²) in [6.45, 7) is 1.76. The molecular formula is C25H30N6O7S3. The van der Waals surface area contributed by atoms with Crippen LogP contribution in [0.3, 0.4) is 0 Å². The zero-order valence-corrected chi connectivity index (χ0v) is 24.8. The van der Waals surface area contributed by atoms with Gasteiger partial charge in [-0.3, -0.25) is 9.59 Å². The molecule has 1 unspecified atom stereocenters. The molecule has 41 heavy (non-hydrogen) atoms. The Morgan fingerprint density at radius 2 is 2.02 bits per heavy atom. The van der Waals surface area contributed by atoms with Crippen LogP contribution in [0, 0.1) is 5.92 Å². The number of esters is 1. The van der Waals surface area contributed by atoms with Gasteiger partial charge in [0, 0.05) is 37.1 Å². The van der Waals surface area contributed by atoms with Crippen molar-refractivity contribution in [3.8, 4) is 10.7 Å². The largest absolute Gasteiger partial charge is 0.459 e. The van der Waals surface area contributed by atoms with Crippen molar-refractivity contribution < 1.29 is 32.1 Å². The highest BCUT2D eigenvalue weighted by Crippen LogP contribution is 2.32. The van der Waals surface area contributed by atoms with Gasteiger partial charge in [-0.05, 0) is 31.9 Å². The predicted octanol–water partition coefficient (Wildman–Crippen LogP) is 2.89. The Morgan fingerprint density at radius 1 is 1.22 bits per heavy atom. The lowest BCUT2D eigenvalue weighted by Crippen LogP contribution is -2.59. The highest BCUT2D eigenvalue weighted by Gasteiger charge is 2.40. The number of rotatable bonds is 11. The number of piperazine rings is 1. The van der Waals surface area contributed by atoms with Crippen LogP contribution >= 0.6 is 22.7 Å². The molecular weight excluding hydrogens is 593 g/mol. The van der Waals surface area contributed by atoms with Crippen LogP contribution in [0.1, 0.15) is 49.7 Å². The molecule has 4 heterocycles. The molecule has 1 amide bonds. The Hall–Kier alpha value is -3.21. The van der Waals surface area contributed by atoms with E-state index < -0.39 is 27.9 Å². The standard InChI is InChI=1S/C25H30N6O7S3/c1-2-37-24(34)23-28-22(29-38-23)18-8-9-20(40-18)41(35,36)30-11-12-31(19(32)15-30)17(14-27-25-26-10-13-39-25)21(33)16-6-4-3-5-7-16/h8-10,13,16-17H,2-7,11-12,14-15H2,1H3,(H,26,27). The van der Waals surface area contributed by atoms with E-state index in [-0.39, 0.29) is 60.4 Å². The number of ether oxygens (including phenoxy) is 1. The maximum atomic E-state index is 13.6. The van der Waals surface area contributed by atoms with Gasteiger partial charge in [-0.25, -0.2) is 18.2 Å². The van der Waals surface area contributed by atoms with Gasteiger partial charge in [-0.15, -0.1) is 22.7 Å². The minimum Gasteiger partial charge on any atom is -0.459 e. The first-order valence-corrected chi connectivity index (χ1v) is 16.5. The van der Waals surface area contributed by atoms with Gasteiger partial charge in [0.25, 0.3) is 10.0 Å². The Kier molecular flexibility index (Phi) is 9.11. The fourth-order valence-electron chi connectivity index (χ4n) is 5.02. The third-order valence-corrected chi connectivity index (χ3v) is 11.2. The molecule has 1 atom stereocenters. The first kappa shape index (κ1) is 29.3. The summed E-state index contributed by atoms with van der Waals surface area (Å²) in [7, 11) is -4.02. The van der Waals surface area contributed by atoms with Gasteiger partial charge >= 0.3 is 11.9 Å². The second kappa shape index (κ2) is 12.8. The third kappa shape index (κ3) is 6.50. The van der Waals surface area contributed by atoms with Crippen molar-refractivity contribution in [2.75, 3.05) is 38.1 Å². The van der Waals surface area contributed by atoms with E-state index in [2.05, 4.69) is 20.4 Å². The van der Waals surface area contributed by atoms with E-state index in [0.717, 1.165) is 47.7 Å². The minimum atomic E-state index is -4.02. The van der Waals surface area contributed by atoms with Crippen LogP contribution in [0.15, 0.2) is 32.4 Å². The molecule has 0 spiro atoms. The summed E-state index contributed by atoms with van der Waals surface area (Å²) in [5.74, 6) is -1.57. The highest BCUT2D eigenvalue weighted by atomic mass is 32.2. The van der Waals surface area contributed by atoms with Crippen LogP contribution in [0.5, 0.6) is 0 Å². The molecule has 2 fully saturated rings. The third-order valence-electron chi connectivity index (χ3n) is 7.09.